The molecule has 9 aromatic rings. The number of benzene rings is 7. The molecule has 2 aromatic heterocycles. The Bertz CT molecular complexity index is 2710. The molecule has 222 valence electrons. The summed E-state index contributed by atoms with van der Waals surface area (Å²) < 4.78 is 4.47. The van der Waals surface area contributed by atoms with Gasteiger partial charge in [0.15, 0.2) is 0 Å². The van der Waals surface area contributed by atoms with Crippen molar-refractivity contribution in [2.75, 3.05) is 0 Å². The lowest BCUT2D eigenvalue weighted by atomic mass is 9.94. The molecule has 0 unspecified atom stereocenters. The number of hydrogen-bond acceptors (Lipinski definition) is 2. The van der Waals surface area contributed by atoms with E-state index in [0.29, 0.717) is 11.1 Å². The van der Waals surface area contributed by atoms with E-state index in [-0.39, 0.29) is 0 Å². The smallest absolute Gasteiger partial charge is 0.101 e. The fourth-order valence-corrected chi connectivity index (χ4v) is 7.33. The van der Waals surface area contributed by atoms with Gasteiger partial charge in [0.25, 0.3) is 0 Å². The number of rotatable bonds is 4. The highest BCUT2D eigenvalue weighted by molar-refractivity contribution is 6.10. The number of para-hydroxylation sites is 4. The van der Waals surface area contributed by atoms with Crippen LogP contribution in [0.1, 0.15) is 11.1 Å². The summed E-state index contributed by atoms with van der Waals surface area (Å²) in [4.78, 5) is 0. The quantitative estimate of drug-likeness (QED) is 0.199. The Morgan fingerprint density at radius 3 is 1.35 bits per heavy atom. The van der Waals surface area contributed by atoms with Gasteiger partial charge in [0, 0.05) is 27.1 Å². The molecule has 2 heterocycles. The third kappa shape index (κ3) is 4.07. The van der Waals surface area contributed by atoms with Gasteiger partial charge in [-0.2, -0.15) is 10.5 Å². The third-order valence-corrected chi connectivity index (χ3v) is 9.41. The van der Waals surface area contributed by atoms with E-state index in [1.165, 1.54) is 10.8 Å². The Morgan fingerprint density at radius 2 is 0.812 bits per heavy atom. The van der Waals surface area contributed by atoms with Crippen LogP contribution in [0.2, 0.25) is 0 Å². The van der Waals surface area contributed by atoms with E-state index in [9.17, 15) is 10.5 Å². The van der Waals surface area contributed by atoms with Crippen molar-refractivity contribution in [3.05, 3.63) is 169 Å². The molecule has 4 heteroatoms. The van der Waals surface area contributed by atoms with Crippen LogP contribution in [0.15, 0.2) is 158 Å². The molecule has 0 aliphatic rings. The predicted molar refractivity (Wildman–Crippen MR) is 195 cm³/mol. The van der Waals surface area contributed by atoms with Gasteiger partial charge in [-0.1, -0.05) is 103 Å². The maximum Gasteiger partial charge on any atom is 0.101 e. The Hall–Kier alpha value is -6.88. The molecule has 0 spiro atoms. The SMILES string of the molecule is N#Cc1ccc(-c2cccc(-c3c(C#N)cccc3-n3c4ccccc4c4ccccc43)c2)cc1-n1c2ccccc2c2ccccc21. The maximum atomic E-state index is 10.4. The van der Waals surface area contributed by atoms with Gasteiger partial charge in [-0.15, -0.1) is 0 Å². The average molecular weight is 611 g/mol. The number of nitriles is 2. The van der Waals surface area contributed by atoms with E-state index in [1.54, 1.807) is 0 Å². The number of aromatic nitrogens is 2. The summed E-state index contributed by atoms with van der Waals surface area (Å²) in [7, 11) is 0. The first-order chi connectivity index (χ1) is 23.7. The Labute approximate surface area is 277 Å². The minimum atomic E-state index is 0.602. The maximum absolute atomic E-state index is 10.4. The number of fused-ring (bicyclic) bond motifs is 6. The minimum Gasteiger partial charge on any atom is -0.309 e. The Morgan fingerprint density at radius 1 is 0.354 bits per heavy atom. The van der Waals surface area contributed by atoms with Crippen LogP contribution in [0.25, 0.3) is 77.2 Å². The Balaban J connectivity index is 1.26. The van der Waals surface area contributed by atoms with E-state index in [2.05, 4.69) is 137 Å². The first kappa shape index (κ1) is 27.4. The van der Waals surface area contributed by atoms with Crippen LogP contribution in [0.5, 0.6) is 0 Å². The lowest BCUT2D eigenvalue weighted by Gasteiger charge is -2.17. The second kappa shape index (κ2) is 10.9. The van der Waals surface area contributed by atoms with Crippen molar-refractivity contribution < 1.29 is 0 Å². The zero-order valence-electron chi connectivity index (χ0n) is 25.8. The third-order valence-electron chi connectivity index (χ3n) is 9.41. The fourth-order valence-electron chi connectivity index (χ4n) is 7.33. The monoisotopic (exact) mass is 610 g/mol. The molecule has 9 rings (SSSR count). The first-order valence-electron chi connectivity index (χ1n) is 15.9. The number of hydrogen-bond donors (Lipinski definition) is 0. The van der Waals surface area contributed by atoms with Crippen molar-refractivity contribution >= 4 is 43.6 Å². The van der Waals surface area contributed by atoms with Crippen molar-refractivity contribution in [1.82, 2.24) is 9.13 Å². The standard InChI is InChI=1S/C44H26N4/c45-27-32-24-23-30(26-43(32)48-40-20-7-3-16-36(40)37-17-4-8-21-41(37)48)29-11-9-12-31(25-29)44-33(28-46)13-10-22-42(44)47-38-18-5-1-14-34(38)35-15-2-6-19-39(35)47/h1-26H. The van der Waals surface area contributed by atoms with Crippen LogP contribution in [0.3, 0.4) is 0 Å². The molecule has 0 aliphatic carbocycles. The normalized spacial score (nSPS) is 11.3. The van der Waals surface area contributed by atoms with E-state index >= 15 is 0 Å². The van der Waals surface area contributed by atoms with Crippen molar-refractivity contribution in [3.63, 3.8) is 0 Å². The van der Waals surface area contributed by atoms with Crippen LogP contribution in [-0.2, 0) is 0 Å². The van der Waals surface area contributed by atoms with Crippen LogP contribution >= 0.6 is 0 Å². The molecule has 48 heavy (non-hydrogen) atoms. The van der Waals surface area contributed by atoms with E-state index in [0.717, 1.165) is 66.5 Å². The van der Waals surface area contributed by atoms with Crippen molar-refractivity contribution in [1.29, 1.82) is 10.5 Å². The first-order valence-corrected chi connectivity index (χ1v) is 15.9. The summed E-state index contributed by atoms with van der Waals surface area (Å²) in [6.45, 7) is 0. The molecule has 7 aromatic carbocycles. The van der Waals surface area contributed by atoms with E-state index in [1.807, 2.05) is 42.5 Å². The van der Waals surface area contributed by atoms with Crippen molar-refractivity contribution in [2.45, 2.75) is 0 Å². The van der Waals surface area contributed by atoms with Gasteiger partial charge >= 0.3 is 0 Å². The minimum absolute atomic E-state index is 0.602. The highest BCUT2D eigenvalue weighted by Gasteiger charge is 2.19. The summed E-state index contributed by atoms with van der Waals surface area (Å²) in [5.74, 6) is 0. The summed E-state index contributed by atoms with van der Waals surface area (Å²) in [6, 6.07) is 58.8. The van der Waals surface area contributed by atoms with Gasteiger partial charge < -0.3 is 9.13 Å². The largest absolute Gasteiger partial charge is 0.309 e. The predicted octanol–water partition coefficient (Wildman–Crippen LogP) is 11.0. The molecule has 0 radical (unpaired) electrons. The van der Waals surface area contributed by atoms with Gasteiger partial charge in [0.1, 0.15) is 6.07 Å². The molecule has 4 nitrogen and oxygen atoms in total. The summed E-state index contributed by atoms with van der Waals surface area (Å²) in [5.41, 5.74) is 11.1. The second-order valence-electron chi connectivity index (χ2n) is 12.0. The van der Waals surface area contributed by atoms with Crippen LogP contribution < -0.4 is 0 Å². The van der Waals surface area contributed by atoms with Crippen LogP contribution in [-0.4, -0.2) is 9.13 Å². The van der Waals surface area contributed by atoms with Gasteiger partial charge in [-0.3, -0.25) is 0 Å². The lowest BCUT2D eigenvalue weighted by molar-refractivity contribution is 1.17. The zero-order valence-corrected chi connectivity index (χ0v) is 25.8. The molecule has 0 bridgehead atoms. The molecule has 0 fully saturated rings. The van der Waals surface area contributed by atoms with Gasteiger partial charge in [-0.25, -0.2) is 0 Å². The van der Waals surface area contributed by atoms with Crippen molar-refractivity contribution in [3.8, 4) is 45.8 Å². The lowest BCUT2D eigenvalue weighted by Crippen LogP contribution is -2.00. The summed E-state index contributed by atoms with van der Waals surface area (Å²) in [6.07, 6.45) is 0. The second-order valence-corrected chi connectivity index (χ2v) is 12.0. The van der Waals surface area contributed by atoms with E-state index < -0.39 is 0 Å². The highest BCUT2D eigenvalue weighted by Crippen LogP contribution is 2.39. The molecule has 0 amide bonds. The molecule has 0 saturated carbocycles. The summed E-state index contributed by atoms with van der Waals surface area (Å²) >= 11 is 0. The van der Waals surface area contributed by atoms with E-state index in [4.69, 9.17) is 0 Å². The molecule has 0 N–H and O–H groups in total. The van der Waals surface area contributed by atoms with Crippen molar-refractivity contribution in [2.24, 2.45) is 0 Å². The summed E-state index contributed by atoms with van der Waals surface area (Å²) in [5, 5.41) is 25.3. The van der Waals surface area contributed by atoms with Gasteiger partial charge in [0.05, 0.1) is 50.6 Å². The molecule has 0 atom stereocenters. The van der Waals surface area contributed by atoms with Crippen LogP contribution in [0.4, 0.5) is 0 Å². The molecular weight excluding hydrogens is 585 g/mol. The van der Waals surface area contributed by atoms with Gasteiger partial charge in [0.2, 0.25) is 0 Å². The number of nitrogens with zero attached hydrogens (tertiary/aromatic N) is 4. The molecule has 0 saturated heterocycles. The zero-order chi connectivity index (χ0) is 32.2. The highest BCUT2D eigenvalue weighted by atomic mass is 15.0. The van der Waals surface area contributed by atoms with Gasteiger partial charge in [-0.05, 0) is 71.3 Å². The molecule has 0 aliphatic heterocycles. The fraction of sp³-hybridized carbons (Fsp3) is 0. The topological polar surface area (TPSA) is 57.4 Å². The molecular formula is C44H26N4. The van der Waals surface area contributed by atoms with Crippen LogP contribution in [0, 0.1) is 22.7 Å². The Kier molecular flexibility index (Phi) is 6.22. The average Bonchev–Trinajstić information content (AvgIpc) is 3.67.